The molecule has 4 nitrogen and oxygen atoms in total. The van der Waals surface area contributed by atoms with E-state index in [0.717, 1.165) is 48.6 Å². The summed E-state index contributed by atoms with van der Waals surface area (Å²) in [4.78, 5) is 14.8. The topological polar surface area (TPSA) is 47.6 Å². The summed E-state index contributed by atoms with van der Waals surface area (Å²) in [6.07, 6.45) is 5.75. The van der Waals surface area contributed by atoms with Crippen LogP contribution in [0.25, 0.3) is 0 Å². The molecule has 5 heteroatoms. The van der Waals surface area contributed by atoms with E-state index in [1.165, 1.54) is 16.9 Å². The van der Waals surface area contributed by atoms with Crippen molar-refractivity contribution in [2.45, 2.75) is 45.1 Å². The Balaban J connectivity index is 1.39. The van der Waals surface area contributed by atoms with E-state index in [0.29, 0.717) is 12.5 Å². The second-order valence-corrected chi connectivity index (χ2v) is 8.47. The quantitative estimate of drug-likeness (QED) is 0.830. The van der Waals surface area contributed by atoms with E-state index < -0.39 is 0 Å². The third kappa shape index (κ3) is 4.10. The number of nitrogens with one attached hydrogen (secondary N) is 1. The Hall–Kier alpha value is -1.85. The standard InChI is InChI=1S/C21H25NO3S/c1-14-7-8-19-15(10-14)11-20(26-19)21(23)22-16-4-2-5-17(12-16)25-13-18-6-3-9-24-18/h2,4-5,11-12,14,18H,3,6-10,13H2,1H3,(H,22,23)/t14-,18+/m0/s1. The van der Waals surface area contributed by atoms with Gasteiger partial charge in [0.2, 0.25) is 0 Å². The highest BCUT2D eigenvalue weighted by Gasteiger charge is 2.21. The lowest BCUT2D eigenvalue weighted by molar-refractivity contribution is 0.0680. The van der Waals surface area contributed by atoms with Crippen molar-refractivity contribution in [2.24, 2.45) is 5.92 Å². The molecule has 2 atom stereocenters. The molecule has 0 bridgehead atoms. The minimum atomic E-state index is -0.0340. The molecule has 1 aliphatic carbocycles. The minimum absolute atomic E-state index is 0.0340. The number of fused-ring (bicyclic) bond motifs is 1. The van der Waals surface area contributed by atoms with Gasteiger partial charge >= 0.3 is 0 Å². The summed E-state index contributed by atoms with van der Waals surface area (Å²) in [5.41, 5.74) is 2.12. The molecule has 1 fully saturated rings. The zero-order chi connectivity index (χ0) is 17.9. The molecule has 1 aromatic carbocycles. The van der Waals surface area contributed by atoms with Crippen molar-refractivity contribution in [3.8, 4) is 5.75 Å². The average Bonchev–Trinajstić information content (AvgIpc) is 3.29. The van der Waals surface area contributed by atoms with Crippen molar-refractivity contribution in [2.75, 3.05) is 18.5 Å². The Morgan fingerprint density at radius 3 is 3.12 bits per heavy atom. The van der Waals surface area contributed by atoms with E-state index >= 15 is 0 Å². The summed E-state index contributed by atoms with van der Waals surface area (Å²) in [6.45, 7) is 3.67. The van der Waals surface area contributed by atoms with Crippen LogP contribution in [0.4, 0.5) is 5.69 Å². The van der Waals surface area contributed by atoms with Crippen molar-refractivity contribution in [1.29, 1.82) is 0 Å². The fourth-order valence-corrected chi connectivity index (χ4v) is 4.74. The van der Waals surface area contributed by atoms with Crippen LogP contribution in [-0.2, 0) is 17.6 Å². The van der Waals surface area contributed by atoms with Crippen LogP contribution in [0, 0.1) is 5.92 Å². The van der Waals surface area contributed by atoms with E-state index in [4.69, 9.17) is 9.47 Å². The van der Waals surface area contributed by atoms with Crippen molar-refractivity contribution in [1.82, 2.24) is 0 Å². The molecule has 2 aromatic rings. The molecule has 138 valence electrons. The number of hydrogen-bond acceptors (Lipinski definition) is 4. The van der Waals surface area contributed by atoms with Crippen LogP contribution < -0.4 is 10.1 Å². The van der Waals surface area contributed by atoms with Crippen LogP contribution in [-0.4, -0.2) is 25.2 Å². The highest BCUT2D eigenvalue weighted by Crippen LogP contribution is 2.32. The SMILES string of the molecule is C[C@H]1CCc2sc(C(=O)Nc3cccc(OC[C@H]4CCCO4)c3)cc2C1. The summed E-state index contributed by atoms with van der Waals surface area (Å²) in [7, 11) is 0. The van der Waals surface area contributed by atoms with Gasteiger partial charge in [0.15, 0.2) is 0 Å². The van der Waals surface area contributed by atoms with Crippen LogP contribution in [0.5, 0.6) is 5.75 Å². The van der Waals surface area contributed by atoms with Crippen LogP contribution >= 0.6 is 11.3 Å². The molecular weight excluding hydrogens is 346 g/mol. The van der Waals surface area contributed by atoms with Gasteiger partial charge in [-0.15, -0.1) is 11.3 Å². The zero-order valence-electron chi connectivity index (χ0n) is 15.1. The fraction of sp³-hybridized carbons (Fsp3) is 0.476. The number of thiophene rings is 1. The number of ether oxygens (including phenoxy) is 2. The maximum atomic E-state index is 12.6. The third-order valence-electron chi connectivity index (χ3n) is 5.10. The molecule has 0 spiro atoms. The summed E-state index contributed by atoms with van der Waals surface area (Å²) in [5, 5.41) is 3.01. The lowest BCUT2D eigenvalue weighted by Gasteiger charge is -2.16. The van der Waals surface area contributed by atoms with E-state index in [1.807, 2.05) is 24.3 Å². The number of benzene rings is 1. The van der Waals surface area contributed by atoms with Gasteiger partial charge in [0.05, 0.1) is 11.0 Å². The number of rotatable bonds is 5. The number of aryl methyl sites for hydroxylation is 1. The summed E-state index contributed by atoms with van der Waals surface area (Å²) >= 11 is 1.64. The Kier molecular flexibility index (Phi) is 5.27. The van der Waals surface area contributed by atoms with Crippen LogP contribution in [0.3, 0.4) is 0 Å². The van der Waals surface area contributed by atoms with Gasteiger partial charge in [0, 0.05) is 23.2 Å². The number of carbonyl (C=O) groups excluding carboxylic acids is 1. The highest BCUT2D eigenvalue weighted by molar-refractivity contribution is 7.14. The molecule has 2 aliphatic rings. The van der Waals surface area contributed by atoms with E-state index in [1.54, 1.807) is 11.3 Å². The lowest BCUT2D eigenvalue weighted by atomic mass is 9.90. The first kappa shape index (κ1) is 17.6. The molecule has 1 amide bonds. The van der Waals surface area contributed by atoms with Gasteiger partial charge in [-0.2, -0.15) is 0 Å². The van der Waals surface area contributed by atoms with Gasteiger partial charge in [0.1, 0.15) is 12.4 Å². The monoisotopic (exact) mass is 371 g/mol. The normalized spacial score (nSPS) is 22.0. The summed E-state index contributed by atoms with van der Waals surface area (Å²) in [6, 6.07) is 9.66. The number of anilines is 1. The van der Waals surface area contributed by atoms with E-state index in [-0.39, 0.29) is 12.0 Å². The molecule has 2 heterocycles. The smallest absolute Gasteiger partial charge is 0.265 e. The van der Waals surface area contributed by atoms with Crippen molar-refractivity contribution < 1.29 is 14.3 Å². The van der Waals surface area contributed by atoms with Gasteiger partial charge < -0.3 is 14.8 Å². The largest absolute Gasteiger partial charge is 0.491 e. The number of amides is 1. The number of hydrogen-bond donors (Lipinski definition) is 1. The first-order valence-electron chi connectivity index (χ1n) is 9.45. The summed E-state index contributed by atoms with van der Waals surface area (Å²) in [5.74, 6) is 1.44. The Bertz CT molecular complexity index is 779. The second kappa shape index (κ2) is 7.80. The predicted molar refractivity (Wildman–Crippen MR) is 104 cm³/mol. The number of carbonyl (C=O) groups is 1. The zero-order valence-corrected chi connectivity index (χ0v) is 15.9. The minimum Gasteiger partial charge on any atom is -0.491 e. The van der Waals surface area contributed by atoms with Crippen molar-refractivity contribution in [3.05, 3.63) is 45.6 Å². The van der Waals surface area contributed by atoms with Gasteiger partial charge in [-0.25, -0.2) is 0 Å². The molecule has 1 aromatic heterocycles. The average molecular weight is 372 g/mol. The van der Waals surface area contributed by atoms with Gasteiger partial charge in [-0.1, -0.05) is 13.0 Å². The maximum Gasteiger partial charge on any atom is 0.265 e. The lowest BCUT2D eigenvalue weighted by Crippen LogP contribution is -2.16. The molecule has 0 radical (unpaired) electrons. The van der Waals surface area contributed by atoms with Crippen molar-refractivity contribution >= 4 is 22.9 Å². The van der Waals surface area contributed by atoms with Gasteiger partial charge in [0.25, 0.3) is 5.91 Å². The van der Waals surface area contributed by atoms with Crippen LogP contribution in [0.1, 0.15) is 46.3 Å². The Morgan fingerprint density at radius 2 is 2.27 bits per heavy atom. The molecule has 0 saturated carbocycles. The van der Waals surface area contributed by atoms with Crippen molar-refractivity contribution in [3.63, 3.8) is 0 Å². The molecule has 26 heavy (non-hydrogen) atoms. The molecule has 1 N–H and O–H groups in total. The third-order valence-corrected chi connectivity index (χ3v) is 6.34. The fourth-order valence-electron chi connectivity index (χ4n) is 3.64. The Labute approximate surface area is 158 Å². The van der Waals surface area contributed by atoms with E-state index in [9.17, 15) is 4.79 Å². The van der Waals surface area contributed by atoms with Gasteiger partial charge in [-0.3, -0.25) is 4.79 Å². The van der Waals surface area contributed by atoms with Crippen LogP contribution in [0.2, 0.25) is 0 Å². The second-order valence-electron chi connectivity index (χ2n) is 7.34. The molecule has 0 unspecified atom stereocenters. The van der Waals surface area contributed by atoms with Crippen LogP contribution in [0.15, 0.2) is 30.3 Å². The highest BCUT2D eigenvalue weighted by atomic mass is 32.1. The first-order valence-corrected chi connectivity index (χ1v) is 10.3. The Morgan fingerprint density at radius 1 is 1.35 bits per heavy atom. The molecule has 1 saturated heterocycles. The molecular formula is C21H25NO3S. The predicted octanol–water partition coefficient (Wildman–Crippen LogP) is 4.68. The first-order chi connectivity index (χ1) is 12.7. The molecule has 4 rings (SSSR count). The maximum absolute atomic E-state index is 12.6. The van der Waals surface area contributed by atoms with Gasteiger partial charge in [-0.05, 0) is 61.8 Å². The summed E-state index contributed by atoms with van der Waals surface area (Å²) < 4.78 is 11.4. The molecule has 1 aliphatic heterocycles. The van der Waals surface area contributed by atoms with E-state index in [2.05, 4.69) is 18.3 Å².